The van der Waals surface area contributed by atoms with Gasteiger partial charge >= 0.3 is 10.1 Å². The molecule has 148 valence electrons. The molecule has 0 saturated heterocycles. The number of aryl methyl sites for hydroxylation is 1. The average Bonchev–Trinajstić information content (AvgIpc) is 2.91. The minimum absolute atomic E-state index is 0.0133. The van der Waals surface area contributed by atoms with Crippen LogP contribution in [0.5, 0.6) is 5.88 Å². The summed E-state index contributed by atoms with van der Waals surface area (Å²) in [5.41, 5.74) is 1.88. The molecule has 1 aromatic heterocycles. The molecular formula is C19H17Cl2FN2O3S. The first kappa shape index (κ1) is 20.6. The standard InChI is InChI=1S/C19H17Cl2FN2O3S/c1-11-12(2)23-24(13(3)14-8-9-15(20)16(21)10-14)19(11)27-28(25,26)18-7-5-4-6-17(18)22/h4-10,13H,1-3H3. The van der Waals surface area contributed by atoms with Gasteiger partial charge < -0.3 is 4.18 Å². The Hall–Kier alpha value is -2.09. The predicted octanol–water partition coefficient (Wildman–Crippen LogP) is 5.32. The van der Waals surface area contributed by atoms with E-state index in [0.29, 0.717) is 21.3 Å². The molecule has 28 heavy (non-hydrogen) atoms. The van der Waals surface area contributed by atoms with E-state index in [0.717, 1.165) is 17.7 Å². The van der Waals surface area contributed by atoms with Crippen molar-refractivity contribution in [1.29, 1.82) is 0 Å². The lowest BCUT2D eigenvalue weighted by molar-refractivity contribution is 0.420. The summed E-state index contributed by atoms with van der Waals surface area (Å²) in [5, 5.41) is 5.17. The maximum atomic E-state index is 14.0. The van der Waals surface area contributed by atoms with Crippen LogP contribution in [0.2, 0.25) is 10.0 Å². The van der Waals surface area contributed by atoms with Crippen LogP contribution < -0.4 is 4.18 Å². The Kier molecular flexibility index (Phi) is 5.70. The van der Waals surface area contributed by atoms with Crippen molar-refractivity contribution in [1.82, 2.24) is 9.78 Å². The fraction of sp³-hybridized carbons (Fsp3) is 0.211. The summed E-state index contributed by atoms with van der Waals surface area (Å²) in [5.74, 6) is -0.875. The third kappa shape index (κ3) is 3.87. The van der Waals surface area contributed by atoms with E-state index in [9.17, 15) is 12.8 Å². The second kappa shape index (κ2) is 7.73. The first-order chi connectivity index (χ1) is 13.1. The first-order valence-electron chi connectivity index (χ1n) is 8.31. The molecule has 1 heterocycles. The zero-order chi connectivity index (χ0) is 20.6. The molecule has 0 amide bonds. The van der Waals surface area contributed by atoms with Gasteiger partial charge in [0.05, 0.1) is 21.8 Å². The number of aromatic nitrogens is 2. The summed E-state index contributed by atoms with van der Waals surface area (Å²) in [6, 6.07) is 9.72. The molecule has 0 aliphatic carbocycles. The minimum atomic E-state index is -4.39. The van der Waals surface area contributed by atoms with E-state index in [1.54, 1.807) is 32.0 Å². The van der Waals surface area contributed by atoms with Gasteiger partial charge in [-0.15, -0.1) is 0 Å². The fourth-order valence-corrected chi connectivity index (χ4v) is 4.04. The SMILES string of the molecule is Cc1nn(C(C)c2ccc(Cl)c(Cl)c2)c(OS(=O)(=O)c2ccccc2F)c1C. The van der Waals surface area contributed by atoms with Crippen LogP contribution in [0.25, 0.3) is 0 Å². The van der Waals surface area contributed by atoms with E-state index >= 15 is 0 Å². The number of rotatable bonds is 5. The number of nitrogens with zero attached hydrogens (tertiary/aromatic N) is 2. The third-order valence-electron chi connectivity index (χ3n) is 4.42. The minimum Gasteiger partial charge on any atom is -0.358 e. The van der Waals surface area contributed by atoms with E-state index in [-0.39, 0.29) is 5.88 Å². The summed E-state index contributed by atoms with van der Waals surface area (Å²) < 4.78 is 46.1. The van der Waals surface area contributed by atoms with E-state index in [1.807, 2.05) is 6.92 Å². The molecule has 0 N–H and O–H groups in total. The van der Waals surface area contributed by atoms with Crippen molar-refractivity contribution in [3.05, 3.63) is 75.1 Å². The van der Waals surface area contributed by atoms with E-state index in [4.69, 9.17) is 27.4 Å². The van der Waals surface area contributed by atoms with Crippen molar-refractivity contribution in [3.8, 4) is 5.88 Å². The fourth-order valence-electron chi connectivity index (χ4n) is 2.68. The molecule has 0 fully saturated rings. The summed E-state index contributed by atoms with van der Waals surface area (Å²) in [7, 11) is -4.39. The predicted molar refractivity (Wildman–Crippen MR) is 106 cm³/mol. The second-order valence-corrected chi connectivity index (χ2v) is 8.61. The molecular weight excluding hydrogens is 426 g/mol. The maximum absolute atomic E-state index is 14.0. The highest BCUT2D eigenvalue weighted by Crippen LogP contribution is 2.33. The van der Waals surface area contributed by atoms with Gasteiger partial charge in [-0.05, 0) is 50.6 Å². The van der Waals surface area contributed by atoms with Gasteiger partial charge in [-0.1, -0.05) is 41.4 Å². The van der Waals surface area contributed by atoms with Gasteiger partial charge in [0.25, 0.3) is 0 Å². The topological polar surface area (TPSA) is 61.2 Å². The summed E-state index contributed by atoms with van der Waals surface area (Å²) in [6.07, 6.45) is 0. The Labute approximate surface area is 172 Å². The smallest absolute Gasteiger partial charge is 0.343 e. The van der Waals surface area contributed by atoms with E-state index in [2.05, 4.69) is 5.10 Å². The summed E-state index contributed by atoms with van der Waals surface area (Å²) >= 11 is 12.1. The molecule has 0 saturated carbocycles. The van der Waals surface area contributed by atoms with Crippen LogP contribution in [-0.2, 0) is 10.1 Å². The Morgan fingerprint density at radius 1 is 1.11 bits per heavy atom. The largest absolute Gasteiger partial charge is 0.358 e. The Balaban J connectivity index is 2.05. The number of hydrogen-bond donors (Lipinski definition) is 0. The molecule has 1 unspecified atom stereocenters. The third-order valence-corrected chi connectivity index (χ3v) is 6.40. The van der Waals surface area contributed by atoms with Crippen molar-refractivity contribution in [2.45, 2.75) is 31.7 Å². The summed E-state index contributed by atoms with van der Waals surface area (Å²) in [4.78, 5) is -0.540. The number of hydrogen-bond acceptors (Lipinski definition) is 4. The number of halogens is 3. The number of benzene rings is 2. The Bertz CT molecular complexity index is 1150. The van der Waals surface area contributed by atoms with Crippen LogP contribution in [0, 0.1) is 19.7 Å². The molecule has 0 bridgehead atoms. The molecule has 9 heteroatoms. The monoisotopic (exact) mass is 442 g/mol. The highest BCUT2D eigenvalue weighted by molar-refractivity contribution is 7.87. The zero-order valence-corrected chi connectivity index (χ0v) is 17.6. The van der Waals surface area contributed by atoms with Crippen LogP contribution >= 0.6 is 23.2 Å². The maximum Gasteiger partial charge on any atom is 0.343 e. The highest BCUT2D eigenvalue weighted by Gasteiger charge is 2.27. The lowest BCUT2D eigenvalue weighted by Crippen LogP contribution is -2.17. The van der Waals surface area contributed by atoms with Gasteiger partial charge in [-0.2, -0.15) is 13.5 Å². The lowest BCUT2D eigenvalue weighted by Gasteiger charge is -2.17. The van der Waals surface area contributed by atoms with Crippen LogP contribution in [0.4, 0.5) is 4.39 Å². The molecule has 0 aliphatic heterocycles. The van der Waals surface area contributed by atoms with Crippen molar-refractivity contribution in [3.63, 3.8) is 0 Å². The quantitative estimate of drug-likeness (QED) is 0.501. The van der Waals surface area contributed by atoms with Gasteiger partial charge in [0.2, 0.25) is 5.88 Å². The van der Waals surface area contributed by atoms with Crippen molar-refractivity contribution < 1.29 is 17.0 Å². The summed E-state index contributed by atoms with van der Waals surface area (Å²) in [6.45, 7) is 5.23. The average molecular weight is 443 g/mol. The van der Waals surface area contributed by atoms with Gasteiger partial charge in [0.1, 0.15) is 10.7 Å². The van der Waals surface area contributed by atoms with Gasteiger partial charge in [0, 0.05) is 5.56 Å². The van der Waals surface area contributed by atoms with Gasteiger partial charge in [-0.3, -0.25) is 0 Å². The molecule has 0 aliphatic rings. The molecule has 0 radical (unpaired) electrons. The molecule has 5 nitrogen and oxygen atoms in total. The molecule has 0 spiro atoms. The second-order valence-electron chi connectivity index (χ2n) is 6.28. The van der Waals surface area contributed by atoms with Crippen LogP contribution in [0.1, 0.15) is 29.8 Å². The lowest BCUT2D eigenvalue weighted by atomic mass is 10.1. The van der Waals surface area contributed by atoms with Crippen molar-refractivity contribution >= 4 is 33.3 Å². The molecule has 3 rings (SSSR count). The normalized spacial score (nSPS) is 12.8. The van der Waals surface area contributed by atoms with Crippen LogP contribution in [-0.4, -0.2) is 18.2 Å². The Morgan fingerprint density at radius 2 is 1.79 bits per heavy atom. The van der Waals surface area contributed by atoms with E-state index in [1.165, 1.54) is 16.8 Å². The van der Waals surface area contributed by atoms with Crippen molar-refractivity contribution in [2.24, 2.45) is 0 Å². The molecule has 3 aromatic rings. The van der Waals surface area contributed by atoms with E-state index < -0.39 is 26.9 Å². The van der Waals surface area contributed by atoms with Gasteiger partial charge in [-0.25, -0.2) is 9.07 Å². The Morgan fingerprint density at radius 3 is 2.43 bits per heavy atom. The van der Waals surface area contributed by atoms with Gasteiger partial charge in [0.15, 0.2) is 0 Å². The molecule has 2 aromatic carbocycles. The van der Waals surface area contributed by atoms with Crippen LogP contribution in [0.3, 0.4) is 0 Å². The van der Waals surface area contributed by atoms with Crippen LogP contribution in [0.15, 0.2) is 47.4 Å². The highest BCUT2D eigenvalue weighted by atomic mass is 35.5. The molecule has 1 atom stereocenters. The first-order valence-corrected chi connectivity index (χ1v) is 10.5. The zero-order valence-electron chi connectivity index (χ0n) is 15.3. The van der Waals surface area contributed by atoms with Crippen molar-refractivity contribution in [2.75, 3.05) is 0 Å².